The van der Waals surface area contributed by atoms with Crippen LogP contribution in [0.15, 0.2) is 54.6 Å². The highest BCUT2D eigenvalue weighted by Crippen LogP contribution is 2.56. The second kappa shape index (κ2) is 4.82. The first-order chi connectivity index (χ1) is 10.6. The highest BCUT2D eigenvalue weighted by Gasteiger charge is 2.59. The van der Waals surface area contributed by atoms with Crippen molar-refractivity contribution < 1.29 is 4.79 Å². The van der Waals surface area contributed by atoms with Gasteiger partial charge in [0.25, 0.3) is 5.91 Å². The Labute approximate surface area is 144 Å². The minimum atomic E-state index is -0.283. The number of hydrogen-bond donors (Lipinski definition) is 0. The molecule has 112 valence electrons. The molecule has 2 atom stereocenters. The molecule has 0 bridgehead atoms. The third kappa shape index (κ3) is 1.75. The van der Waals surface area contributed by atoms with E-state index in [0.717, 1.165) is 23.0 Å². The Morgan fingerprint density at radius 2 is 1.77 bits per heavy atom. The van der Waals surface area contributed by atoms with Gasteiger partial charge in [-0.25, -0.2) is 0 Å². The molecule has 2 aromatic carbocycles. The van der Waals surface area contributed by atoms with Gasteiger partial charge in [0.05, 0.1) is 5.54 Å². The molecule has 2 aromatic rings. The van der Waals surface area contributed by atoms with Crippen LogP contribution in [0.2, 0.25) is 0 Å². The van der Waals surface area contributed by atoms with E-state index in [1.807, 2.05) is 18.2 Å². The van der Waals surface area contributed by atoms with Crippen molar-refractivity contribution in [1.82, 2.24) is 4.90 Å². The lowest BCUT2D eigenvalue weighted by atomic mass is 9.75. The Balaban J connectivity index is 2.00. The average Bonchev–Trinajstić information content (AvgIpc) is 3.00. The van der Waals surface area contributed by atoms with Crippen LogP contribution in [0.5, 0.6) is 0 Å². The zero-order valence-corrected chi connectivity index (χ0v) is 14.7. The molecule has 0 saturated carbocycles. The van der Waals surface area contributed by atoms with Crippen molar-refractivity contribution in [2.75, 3.05) is 11.0 Å². The number of rotatable bonds is 2. The molecule has 0 radical (unpaired) electrons. The number of carbonyl (C=O) groups excluding carboxylic acids is 1. The highest BCUT2D eigenvalue weighted by atomic mass is 127. The van der Waals surface area contributed by atoms with Crippen molar-refractivity contribution in [3.05, 3.63) is 71.3 Å². The van der Waals surface area contributed by atoms with Gasteiger partial charge in [-0.1, -0.05) is 78.0 Å². The molecule has 0 aliphatic carbocycles. The third-order valence-corrected chi connectivity index (χ3v) is 6.95. The highest BCUT2D eigenvalue weighted by molar-refractivity contribution is 14.1. The maximum absolute atomic E-state index is 13.0. The summed E-state index contributed by atoms with van der Waals surface area (Å²) in [5.74, 6) is 0.188. The average molecular weight is 403 g/mol. The molecule has 1 saturated heterocycles. The maximum atomic E-state index is 13.0. The zero-order chi connectivity index (χ0) is 15.4. The van der Waals surface area contributed by atoms with Crippen LogP contribution in [0.4, 0.5) is 0 Å². The van der Waals surface area contributed by atoms with E-state index in [4.69, 9.17) is 0 Å². The summed E-state index contributed by atoms with van der Waals surface area (Å²) in [7, 11) is 0. The van der Waals surface area contributed by atoms with Gasteiger partial charge >= 0.3 is 0 Å². The SMILES string of the molecule is C[C@@]1(CI)CN2C(=O)c3ccccc3[C@@]2(c2ccccc2)C1. The van der Waals surface area contributed by atoms with Gasteiger partial charge in [0.1, 0.15) is 0 Å². The molecule has 2 aliphatic heterocycles. The topological polar surface area (TPSA) is 20.3 Å². The zero-order valence-electron chi connectivity index (χ0n) is 12.6. The number of amides is 1. The second-order valence-corrected chi connectivity index (χ2v) is 7.55. The summed E-state index contributed by atoms with van der Waals surface area (Å²) in [6, 6.07) is 18.7. The van der Waals surface area contributed by atoms with Gasteiger partial charge in [-0.3, -0.25) is 4.79 Å². The standard InChI is InChI=1S/C19H18INO/c1-18(12-20)11-19(14-7-3-2-4-8-14)16-10-6-5-9-15(16)17(22)21(19)13-18/h2-10H,11-13H2,1H3/t18-,19+/m1/s1. The molecule has 2 heterocycles. The van der Waals surface area contributed by atoms with Gasteiger partial charge in [-0.05, 0) is 29.0 Å². The quantitative estimate of drug-likeness (QED) is 0.543. The van der Waals surface area contributed by atoms with Crippen LogP contribution >= 0.6 is 22.6 Å². The Hall–Kier alpha value is -1.36. The van der Waals surface area contributed by atoms with E-state index in [9.17, 15) is 4.79 Å². The molecule has 0 spiro atoms. The molecule has 1 fully saturated rings. The summed E-state index contributed by atoms with van der Waals surface area (Å²) in [5.41, 5.74) is 3.18. The van der Waals surface area contributed by atoms with Crippen LogP contribution in [0, 0.1) is 5.41 Å². The summed E-state index contributed by atoms with van der Waals surface area (Å²) in [4.78, 5) is 15.1. The van der Waals surface area contributed by atoms with Crippen molar-refractivity contribution in [2.24, 2.45) is 5.41 Å². The predicted octanol–water partition coefficient (Wildman–Crippen LogP) is 4.23. The molecular weight excluding hydrogens is 385 g/mol. The van der Waals surface area contributed by atoms with E-state index < -0.39 is 0 Å². The molecule has 1 amide bonds. The minimum Gasteiger partial charge on any atom is -0.324 e. The van der Waals surface area contributed by atoms with Gasteiger partial charge < -0.3 is 4.90 Å². The lowest BCUT2D eigenvalue weighted by molar-refractivity contribution is 0.0704. The molecule has 0 N–H and O–H groups in total. The second-order valence-electron chi connectivity index (χ2n) is 6.78. The minimum absolute atomic E-state index is 0.166. The molecule has 0 unspecified atom stereocenters. The molecule has 2 nitrogen and oxygen atoms in total. The van der Waals surface area contributed by atoms with Crippen molar-refractivity contribution in [3.63, 3.8) is 0 Å². The van der Waals surface area contributed by atoms with Crippen molar-refractivity contribution >= 4 is 28.5 Å². The molecule has 4 rings (SSSR count). The van der Waals surface area contributed by atoms with Crippen LogP contribution in [0.3, 0.4) is 0 Å². The van der Waals surface area contributed by atoms with Crippen molar-refractivity contribution in [1.29, 1.82) is 0 Å². The van der Waals surface area contributed by atoms with E-state index in [1.54, 1.807) is 0 Å². The fourth-order valence-electron chi connectivity index (χ4n) is 4.16. The van der Waals surface area contributed by atoms with E-state index >= 15 is 0 Å². The van der Waals surface area contributed by atoms with Gasteiger partial charge in [-0.15, -0.1) is 0 Å². The molecule has 22 heavy (non-hydrogen) atoms. The monoisotopic (exact) mass is 403 g/mol. The predicted molar refractivity (Wildman–Crippen MR) is 96.3 cm³/mol. The summed E-state index contributed by atoms with van der Waals surface area (Å²) in [6.45, 7) is 3.14. The summed E-state index contributed by atoms with van der Waals surface area (Å²) >= 11 is 2.46. The van der Waals surface area contributed by atoms with Crippen LogP contribution < -0.4 is 0 Å². The van der Waals surface area contributed by atoms with Crippen molar-refractivity contribution in [2.45, 2.75) is 18.9 Å². The Morgan fingerprint density at radius 3 is 2.50 bits per heavy atom. The van der Waals surface area contributed by atoms with Gasteiger partial charge in [0.15, 0.2) is 0 Å². The number of alkyl halides is 1. The summed E-state index contributed by atoms with van der Waals surface area (Å²) in [6.07, 6.45) is 0.996. The van der Waals surface area contributed by atoms with Crippen molar-refractivity contribution in [3.8, 4) is 0 Å². The maximum Gasteiger partial charge on any atom is 0.255 e. The third-order valence-electron chi connectivity index (χ3n) is 5.11. The number of nitrogens with zero attached hydrogens (tertiary/aromatic N) is 1. The van der Waals surface area contributed by atoms with Gasteiger partial charge in [0, 0.05) is 16.5 Å². The first-order valence-electron chi connectivity index (χ1n) is 7.64. The van der Waals surface area contributed by atoms with E-state index in [1.165, 1.54) is 11.1 Å². The first kappa shape index (κ1) is 14.2. The normalized spacial score (nSPS) is 29.5. The fourth-order valence-corrected chi connectivity index (χ4v) is 4.67. The number of fused-ring (bicyclic) bond motifs is 3. The number of benzene rings is 2. The molecule has 3 heteroatoms. The van der Waals surface area contributed by atoms with E-state index in [2.05, 4.69) is 70.8 Å². The number of carbonyl (C=O) groups is 1. The smallest absolute Gasteiger partial charge is 0.255 e. The Morgan fingerprint density at radius 1 is 1.09 bits per heavy atom. The molecule has 0 aromatic heterocycles. The van der Waals surface area contributed by atoms with Crippen LogP contribution in [-0.4, -0.2) is 21.8 Å². The van der Waals surface area contributed by atoms with Crippen LogP contribution in [-0.2, 0) is 5.54 Å². The lowest BCUT2D eigenvalue weighted by Crippen LogP contribution is -2.39. The fraction of sp³-hybridized carbons (Fsp3) is 0.316. The van der Waals surface area contributed by atoms with E-state index in [0.29, 0.717) is 0 Å². The van der Waals surface area contributed by atoms with Crippen LogP contribution in [0.25, 0.3) is 0 Å². The Kier molecular flexibility index (Phi) is 3.12. The number of halogens is 1. The van der Waals surface area contributed by atoms with Gasteiger partial charge in [0.2, 0.25) is 0 Å². The van der Waals surface area contributed by atoms with Crippen LogP contribution in [0.1, 0.15) is 34.8 Å². The molecular formula is C19H18INO. The lowest BCUT2D eigenvalue weighted by Gasteiger charge is -2.34. The van der Waals surface area contributed by atoms with E-state index in [-0.39, 0.29) is 16.9 Å². The molecule has 2 aliphatic rings. The number of hydrogen-bond acceptors (Lipinski definition) is 1. The Bertz CT molecular complexity index is 744. The van der Waals surface area contributed by atoms with Gasteiger partial charge in [-0.2, -0.15) is 0 Å². The largest absolute Gasteiger partial charge is 0.324 e. The first-order valence-corrected chi connectivity index (χ1v) is 9.16. The summed E-state index contributed by atoms with van der Waals surface area (Å²) < 4.78 is 1.06. The summed E-state index contributed by atoms with van der Waals surface area (Å²) in [5, 5.41) is 0.